The molecule has 0 aromatic heterocycles. The lowest BCUT2D eigenvalue weighted by Crippen LogP contribution is -2.38. The molecule has 0 radical (unpaired) electrons. The molecule has 2 nitrogen and oxygen atoms in total. The summed E-state index contributed by atoms with van der Waals surface area (Å²) in [4.78, 5) is 0. The zero-order valence-electron chi connectivity index (χ0n) is 11.5. The molecule has 1 aliphatic rings. The first-order valence-corrected chi connectivity index (χ1v) is 7.20. The van der Waals surface area contributed by atoms with Gasteiger partial charge in [-0.05, 0) is 30.9 Å². The molecule has 1 aromatic rings. The number of hydrogen-bond acceptors (Lipinski definition) is 2. The van der Waals surface area contributed by atoms with E-state index in [2.05, 4.69) is 25.1 Å². The van der Waals surface area contributed by atoms with E-state index in [1.807, 2.05) is 6.07 Å². The minimum atomic E-state index is 0.221. The summed E-state index contributed by atoms with van der Waals surface area (Å²) >= 11 is 0. The van der Waals surface area contributed by atoms with Crippen LogP contribution in [0, 0.1) is 5.41 Å². The molecule has 1 saturated carbocycles. The third-order valence-electron chi connectivity index (χ3n) is 4.23. The van der Waals surface area contributed by atoms with Crippen molar-refractivity contribution < 1.29 is 4.74 Å². The highest BCUT2D eigenvalue weighted by Gasteiger charge is 2.31. The Hall–Kier alpha value is -1.02. The molecule has 1 aliphatic carbocycles. The number of hydrogen-bond donors (Lipinski definition) is 1. The maximum atomic E-state index is 6.08. The Morgan fingerprint density at radius 2 is 1.89 bits per heavy atom. The lowest BCUT2D eigenvalue weighted by Gasteiger charge is -2.36. The molecule has 0 saturated heterocycles. The van der Waals surface area contributed by atoms with Gasteiger partial charge in [0.2, 0.25) is 0 Å². The first kappa shape index (κ1) is 13.4. The van der Waals surface area contributed by atoms with Gasteiger partial charge in [0.1, 0.15) is 5.75 Å². The summed E-state index contributed by atoms with van der Waals surface area (Å²) in [5.74, 6) is 1.04. The van der Waals surface area contributed by atoms with E-state index in [4.69, 9.17) is 10.5 Å². The van der Waals surface area contributed by atoms with E-state index in [9.17, 15) is 0 Å². The third kappa shape index (κ3) is 3.05. The number of rotatable bonds is 5. The lowest BCUT2D eigenvalue weighted by molar-refractivity contribution is 0.104. The molecule has 0 amide bonds. The van der Waals surface area contributed by atoms with Crippen LogP contribution in [0.2, 0.25) is 0 Å². The SMILES string of the molecule is CCc1ccccc1OCC1(CN)CCCCC1. The van der Waals surface area contributed by atoms with Crippen LogP contribution in [-0.2, 0) is 6.42 Å². The number of aryl methyl sites for hydroxylation is 1. The highest BCUT2D eigenvalue weighted by Crippen LogP contribution is 2.36. The molecule has 0 heterocycles. The molecule has 1 fully saturated rings. The predicted octanol–water partition coefficient (Wildman–Crippen LogP) is 3.54. The van der Waals surface area contributed by atoms with Gasteiger partial charge in [-0.2, -0.15) is 0 Å². The van der Waals surface area contributed by atoms with Gasteiger partial charge in [0.25, 0.3) is 0 Å². The third-order valence-corrected chi connectivity index (χ3v) is 4.23. The maximum Gasteiger partial charge on any atom is 0.122 e. The Bertz CT molecular complexity index is 369. The lowest BCUT2D eigenvalue weighted by atomic mass is 9.75. The van der Waals surface area contributed by atoms with Crippen molar-refractivity contribution in [1.82, 2.24) is 0 Å². The second kappa shape index (κ2) is 6.24. The normalized spacial score (nSPS) is 18.6. The van der Waals surface area contributed by atoms with E-state index < -0.39 is 0 Å². The first-order valence-electron chi connectivity index (χ1n) is 7.20. The summed E-state index contributed by atoms with van der Waals surface area (Å²) in [5, 5.41) is 0. The number of benzene rings is 1. The standard InChI is InChI=1S/C16H25NO/c1-2-14-8-4-5-9-15(14)18-13-16(12-17)10-6-3-7-11-16/h4-5,8-9H,2-3,6-7,10-13,17H2,1H3. The van der Waals surface area contributed by atoms with E-state index in [1.165, 1.54) is 37.7 Å². The Morgan fingerprint density at radius 1 is 1.17 bits per heavy atom. The number of ether oxygens (including phenoxy) is 1. The van der Waals surface area contributed by atoms with Crippen molar-refractivity contribution in [2.75, 3.05) is 13.2 Å². The predicted molar refractivity (Wildman–Crippen MR) is 75.9 cm³/mol. The monoisotopic (exact) mass is 247 g/mol. The Kier molecular flexibility index (Phi) is 4.65. The summed E-state index contributed by atoms with van der Waals surface area (Å²) < 4.78 is 6.08. The first-order chi connectivity index (χ1) is 8.79. The molecule has 2 rings (SSSR count). The summed E-state index contributed by atoms with van der Waals surface area (Å²) in [6.45, 7) is 3.70. The van der Waals surface area contributed by atoms with Crippen molar-refractivity contribution >= 4 is 0 Å². The molecule has 0 atom stereocenters. The molecular weight excluding hydrogens is 222 g/mol. The van der Waals surface area contributed by atoms with Crippen LogP contribution in [0.25, 0.3) is 0 Å². The van der Waals surface area contributed by atoms with E-state index in [-0.39, 0.29) is 5.41 Å². The Labute approximate surface area is 111 Å². The smallest absolute Gasteiger partial charge is 0.122 e. The maximum absolute atomic E-state index is 6.08. The van der Waals surface area contributed by atoms with Crippen LogP contribution in [0.15, 0.2) is 24.3 Å². The van der Waals surface area contributed by atoms with Gasteiger partial charge in [0.15, 0.2) is 0 Å². The van der Waals surface area contributed by atoms with Crippen LogP contribution < -0.4 is 10.5 Å². The van der Waals surface area contributed by atoms with E-state index >= 15 is 0 Å². The van der Waals surface area contributed by atoms with Crippen molar-refractivity contribution in [2.24, 2.45) is 11.1 Å². The van der Waals surface area contributed by atoms with Crippen molar-refractivity contribution in [1.29, 1.82) is 0 Å². The zero-order chi connectivity index (χ0) is 12.8. The van der Waals surface area contributed by atoms with Crippen molar-refractivity contribution in [3.63, 3.8) is 0 Å². The van der Waals surface area contributed by atoms with Crippen LogP contribution in [0.3, 0.4) is 0 Å². The topological polar surface area (TPSA) is 35.2 Å². The van der Waals surface area contributed by atoms with Crippen molar-refractivity contribution in [3.05, 3.63) is 29.8 Å². The van der Waals surface area contributed by atoms with E-state index in [0.29, 0.717) is 0 Å². The van der Waals surface area contributed by atoms with Gasteiger partial charge in [-0.15, -0.1) is 0 Å². The van der Waals surface area contributed by atoms with Crippen LogP contribution >= 0.6 is 0 Å². The van der Waals surface area contributed by atoms with Crippen LogP contribution in [0.4, 0.5) is 0 Å². The molecule has 2 N–H and O–H groups in total. The number of para-hydroxylation sites is 1. The minimum absolute atomic E-state index is 0.221. The highest BCUT2D eigenvalue weighted by atomic mass is 16.5. The quantitative estimate of drug-likeness (QED) is 0.863. The van der Waals surface area contributed by atoms with Gasteiger partial charge in [-0.3, -0.25) is 0 Å². The second-order valence-electron chi connectivity index (χ2n) is 5.51. The summed E-state index contributed by atoms with van der Waals surface area (Å²) in [6, 6.07) is 8.34. The van der Waals surface area contributed by atoms with Gasteiger partial charge in [-0.25, -0.2) is 0 Å². The second-order valence-corrected chi connectivity index (χ2v) is 5.51. The molecule has 0 spiro atoms. The van der Waals surface area contributed by atoms with Crippen LogP contribution in [0.1, 0.15) is 44.6 Å². The highest BCUT2D eigenvalue weighted by molar-refractivity contribution is 5.33. The molecule has 100 valence electrons. The van der Waals surface area contributed by atoms with Crippen LogP contribution in [0.5, 0.6) is 5.75 Å². The summed E-state index contributed by atoms with van der Waals surface area (Å²) in [6.07, 6.45) is 7.42. The molecule has 18 heavy (non-hydrogen) atoms. The number of nitrogens with two attached hydrogens (primary N) is 1. The molecule has 0 aliphatic heterocycles. The fourth-order valence-corrected chi connectivity index (χ4v) is 2.88. The molecular formula is C16H25NO. The van der Waals surface area contributed by atoms with Gasteiger partial charge >= 0.3 is 0 Å². The average molecular weight is 247 g/mol. The summed E-state index contributed by atoms with van der Waals surface area (Å²) in [5.41, 5.74) is 7.51. The van der Waals surface area contributed by atoms with E-state index in [1.54, 1.807) is 0 Å². The molecule has 0 bridgehead atoms. The van der Waals surface area contributed by atoms with E-state index in [0.717, 1.165) is 25.3 Å². The fraction of sp³-hybridized carbons (Fsp3) is 0.625. The van der Waals surface area contributed by atoms with Crippen LogP contribution in [-0.4, -0.2) is 13.2 Å². The minimum Gasteiger partial charge on any atom is -0.493 e. The Balaban J connectivity index is 2.01. The molecule has 2 heteroatoms. The van der Waals surface area contributed by atoms with Crippen molar-refractivity contribution in [3.8, 4) is 5.75 Å². The van der Waals surface area contributed by atoms with Gasteiger partial charge < -0.3 is 10.5 Å². The Morgan fingerprint density at radius 3 is 2.56 bits per heavy atom. The van der Waals surface area contributed by atoms with Gasteiger partial charge in [0.05, 0.1) is 6.61 Å². The zero-order valence-corrected chi connectivity index (χ0v) is 11.5. The van der Waals surface area contributed by atoms with Gasteiger partial charge in [-0.1, -0.05) is 44.4 Å². The van der Waals surface area contributed by atoms with Gasteiger partial charge in [0, 0.05) is 12.0 Å². The molecule has 0 unspecified atom stereocenters. The van der Waals surface area contributed by atoms with Crippen molar-refractivity contribution in [2.45, 2.75) is 45.4 Å². The average Bonchev–Trinajstić information content (AvgIpc) is 2.46. The largest absolute Gasteiger partial charge is 0.493 e. The fourth-order valence-electron chi connectivity index (χ4n) is 2.88. The summed E-state index contributed by atoms with van der Waals surface area (Å²) in [7, 11) is 0. The molecule has 1 aromatic carbocycles.